The quantitative estimate of drug-likeness (QED) is 0.282. The number of benzene rings is 2. The van der Waals surface area contributed by atoms with Crippen LogP contribution < -0.4 is 16.2 Å². The molecule has 2 N–H and O–H groups in total. The standard InChI is InChI=1S/C26H22Cl3N5O3/c1-4-19-23(16-7-6-8-17(28)24(16)32-21(35)5-2)25(37)34-12-14(3)33(26(34)31-19)13-22(36)30-20-10-9-15(27)11-18(20)29/h5-12H,2,4,13H2,1,3H3,(H,30,36)(H,32,35). The number of halogens is 3. The van der Waals surface area contributed by atoms with Gasteiger partial charge in [-0.15, -0.1) is 0 Å². The third kappa shape index (κ3) is 5.27. The molecule has 11 heteroatoms. The van der Waals surface area contributed by atoms with E-state index in [1.165, 1.54) is 10.5 Å². The molecular formula is C26H22Cl3N5O3. The molecule has 4 rings (SSSR count). The first-order valence-electron chi connectivity index (χ1n) is 11.2. The van der Waals surface area contributed by atoms with Crippen molar-refractivity contribution in [2.45, 2.75) is 26.8 Å². The Balaban J connectivity index is 1.80. The van der Waals surface area contributed by atoms with Gasteiger partial charge in [-0.25, -0.2) is 4.98 Å². The van der Waals surface area contributed by atoms with Gasteiger partial charge in [0.05, 0.1) is 32.7 Å². The minimum Gasteiger partial charge on any atom is -0.323 e. The Hall–Kier alpha value is -3.59. The Kier molecular flexibility index (Phi) is 7.73. The molecular weight excluding hydrogens is 537 g/mol. The molecule has 4 aromatic rings. The van der Waals surface area contributed by atoms with E-state index < -0.39 is 5.91 Å². The Morgan fingerprint density at radius 2 is 1.86 bits per heavy atom. The molecule has 0 saturated heterocycles. The molecule has 0 spiro atoms. The van der Waals surface area contributed by atoms with Crippen LogP contribution in [0.3, 0.4) is 0 Å². The van der Waals surface area contributed by atoms with E-state index in [1.54, 1.807) is 48.0 Å². The zero-order valence-corrected chi connectivity index (χ0v) is 22.2. The average Bonchev–Trinajstić information content (AvgIpc) is 3.17. The van der Waals surface area contributed by atoms with Crippen LogP contribution in [0.4, 0.5) is 11.4 Å². The molecule has 0 aliphatic rings. The summed E-state index contributed by atoms with van der Waals surface area (Å²) >= 11 is 18.5. The molecule has 0 saturated carbocycles. The fourth-order valence-corrected chi connectivity index (χ4v) is 4.64. The minimum atomic E-state index is -0.463. The maximum Gasteiger partial charge on any atom is 0.267 e. The highest BCUT2D eigenvalue weighted by Crippen LogP contribution is 2.34. The molecule has 190 valence electrons. The van der Waals surface area contributed by atoms with Gasteiger partial charge in [0.15, 0.2) is 0 Å². The Morgan fingerprint density at radius 3 is 2.54 bits per heavy atom. The van der Waals surface area contributed by atoms with Crippen molar-refractivity contribution in [3.05, 3.63) is 92.1 Å². The van der Waals surface area contributed by atoms with E-state index in [-0.39, 0.29) is 28.7 Å². The van der Waals surface area contributed by atoms with E-state index in [9.17, 15) is 14.4 Å². The van der Waals surface area contributed by atoms with Crippen molar-refractivity contribution in [3.8, 4) is 11.1 Å². The predicted molar refractivity (Wildman–Crippen MR) is 148 cm³/mol. The third-order valence-corrected chi connectivity index (χ3v) is 6.58. The number of hydrogen-bond acceptors (Lipinski definition) is 4. The number of aromatic nitrogens is 3. The summed E-state index contributed by atoms with van der Waals surface area (Å²) in [5, 5.41) is 6.47. The topological polar surface area (TPSA) is 97.5 Å². The van der Waals surface area contributed by atoms with Gasteiger partial charge in [0.1, 0.15) is 6.54 Å². The van der Waals surface area contributed by atoms with Gasteiger partial charge in [-0.2, -0.15) is 0 Å². The van der Waals surface area contributed by atoms with Gasteiger partial charge in [0.2, 0.25) is 17.6 Å². The first-order valence-corrected chi connectivity index (χ1v) is 12.4. The molecule has 2 amide bonds. The number of fused-ring (bicyclic) bond motifs is 1. The number of imidazole rings is 1. The second-order valence-corrected chi connectivity index (χ2v) is 9.40. The fraction of sp³-hybridized carbons (Fsp3) is 0.154. The van der Waals surface area contributed by atoms with Crippen molar-refractivity contribution in [1.82, 2.24) is 14.0 Å². The SMILES string of the molecule is C=CC(=O)Nc1c(Cl)cccc1-c1c(CC)nc2n(CC(=O)Nc3ccc(Cl)cc3Cl)c(C)cn2c1=O. The van der Waals surface area contributed by atoms with Crippen LogP contribution in [-0.4, -0.2) is 25.8 Å². The second-order valence-electron chi connectivity index (χ2n) is 8.15. The van der Waals surface area contributed by atoms with E-state index in [1.807, 2.05) is 6.92 Å². The number of aryl methyl sites for hydroxylation is 2. The summed E-state index contributed by atoms with van der Waals surface area (Å²) in [7, 11) is 0. The summed E-state index contributed by atoms with van der Waals surface area (Å²) in [6.45, 7) is 7.01. The number of carbonyl (C=O) groups is 2. The second kappa shape index (κ2) is 10.8. The maximum absolute atomic E-state index is 13.7. The zero-order valence-electron chi connectivity index (χ0n) is 19.9. The van der Waals surface area contributed by atoms with Gasteiger partial charge < -0.3 is 15.2 Å². The number of nitrogens with one attached hydrogen (secondary N) is 2. The van der Waals surface area contributed by atoms with Crippen molar-refractivity contribution in [2.24, 2.45) is 0 Å². The van der Waals surface area contributed by atoms with Gasteiger partial charge >= 0.3 is 0 Å². The van der Waals surface area contributed by atoms with Crippen LogP contribution in [0, 0.1) is 6.92 Å². The Labute approximate surface area is 227 Å². The molecule has 0 fully saturated rings. The molecule has 0 atom stereocenters. The summed E-state index contributed by atoms with van der Waals surface area (Å²) < 4.78 is 3.02. The molecule has 37 heavy (non-hydrogen) atoms. The lowest BCUT2D eigenvalue weighted by Crippen LogP contribution is -2.23. The highest BCUT2D eigenvalue weighted by Gasteiger charge is 2.22. The summed E-state index contributed by atoms with van der Waals surface area (Å²) in [5.74, 6) is -0.513. The van der Waals surface area contributed by atoms with Crippen molar-refractivity contribution in [1.29, 1.82) is 0 Å². The number of para-hydroxylation sites is 1. The number of carbonyl (C=O) groups excluding carboxylic acids is 2. The minimum absolute atomic E-state index is 0.103. The third-order valence-electron chi connectivity index (χ3n) is 5.71. The predicted octanol–water partition coefficient (Wildman–Crippen LogP) is 5.76. The molecule has 0 aliphatic carbocycles. The molecule has 8 nitrogen and oxygen atoms in total. The maximum atomic E-state index is 13.7. The lowest BCUT2D eigenvalue weighted by atomic mass is 10.0. The number of anilines is 2. The van der Waals surface area contributed by atoms with E-state index in [2.05, 4.69) is 17.2 Å². The molecule has 0 unspecified atom stereocenters. The monoisotopic (exact) mass is 557 g/mol. The Bertz CT molecular complexity index is 1620. The summed E-state index contributed by atoms with van der Waals surface area (Å²) in [6.07, 6.45) is 3.15. The van der Waals surface area contributed by atoms with Gasteiger partial charge in [0.25, 0.3) is 5.56 Å². The van der Waals surface area contributed by atoms with Crippen LogP contribution >= 0.6 is 34.8 Å². The summed E-state index contributed by atoms with van der Waals surface area (Å²) in [5.41, 5.74) is 2.22. The molecule has 2 heterocycles. The lowest BCUT2D eigenvalue weighted by molar-refractivity contribution is -0.116. The largest absolute Gasteiger partial charge is 0.323 e. The molecule has 0 bridgehead atoms. The first-order chi connectivity index (χ1) is 17.6. The van der Waals surface area contributed by atoms with Crippen molar-refractivity contribution < 1.29 is 9.59 Å². The van der Waals surface area contributed by atoms with Gasteiger partial charge in [0, 0.05) is 22.5 Å². The van der Waals surface area contributed by atoms with E-state index in [0.717, 1.165) is 6.08 Å². The van der Waals surface area contributed by atoms with Crippen LogP contribution in [0.5, 0.6) is 0 Å². The smallest absolute Gasteiger partial charge is 0.267 e. The normalized spacial score (nSPS) is 10.9. The number of hydrogen-bond donors (Lipinski definition) is 2. The summed E-state index contributed by atoms with van der Waals surface area (Å²) in [4.78, 5) is 43.4. The Morgan fingerprint density at radius 1 is 1.11 bits per heavy atom. The summed E-state index contributed by atoms with van der Waals surface area (Å²) in [6, 6.07) is 9.77. The van der Waals surface area contributed by atoms with E-state index in [0.29, 0.717) is 50.4 Å². The highest BCUT2D eigenvalue weighted by atomic mass is 35.5. The van der Waals surface area contributed by atoms with Crippen LogP contribution in [0.2, 0.25) is 15.1 Å². The molecule has 2 aromatic carbocycles. The highest BCUT2D eigenvalue weighted by molar-refractivity contribution is 6.36. The van der Waals surface area contributed by atoms with E-state index >= 15 is 0 Å². The van der Waals surface area contributed by atoms with Gasteiger partial charge in [-0.05, 0) is 43.7 Å². The molecule has 0 aliphatic heterocycles. The van der Waals surface area contributed by atoms with Crippen LogP contribution in [-0.2, 0) is 22.6 Å². The average molecular weight is 559 g/mol. The number of amides is 2. The fourth-order valence-electron chi connectivity index (χ4n) is 3.97. The molecule has 2 aromatic heterocycles. The number of nitrogens with zero attached hydrogens (tertiary/aromatic N) is 3. The first kappa shape index (κ1) is 26.5. The van der Waals surface area contributed by atoms with Gasteiger partial charge in [-0.3, -0.25) is 18.8 Å². The number of rotatable bonds is 7. The van der Waals surface area contributed by atoms with Crippen molar-refractivity contribution in [2.75, 3.05) is 10.6 Å². The van der Waals surface area contributed by atoms with Crippen LogP contribution in [0.1, 0.15) is 18.3 Å². The van der Waals surface area contributed by atoms with Gasteiger partial charge in [-0.1, -0.05) is 60.4 Å². The van der Waals surface area contributed by atoms with E-state index in [4.69, 9.17) is 39.8 Å². The van der Waals surface area contributed by atoms with Crippen molar-refractivity contribution in [3.63, 3.8) is 0 Å². The van der Waals surface area contributed by atoms with Crippen LogP contribution in [0.15, 0.2) is 60.0 Å². The van der Waals surface area contributed by atoms with Crippen LogP contribution in [0.25, 0.3) is 16.9 Å². The zero-order chi connectivity index (χ0) is 26.9. The molecule has 0 radical (unpaired) electrons. The van der Waals surface area contributed by atoms with Crippen molar-refractivity contribution >= 4 is 63.8 Å². The lowest BCUT2D eigenvalue weighted by Gasteiger charge is -2.15.